The van der Waals surface area contributed by atoms with Crippen molar-refractivity contribution < 1.29 is 9.50 Å². The van der Waals surface area contributed by atoms with E-state index in [4.69, 9.17) is 0 Å². The third-order valence-corrected chi connectivity index (χ3v) is 4.42. The Hall–Kier alpha value is -0.710. The van der Waals surface area contributed by atoms with Gasteiger partial charge in [0.25, 0.3) is 0 Å². The number of aliphatic hydroxyl groups is 1. The molecule has 0 aliphatic heterocycles. The molecule has 0 spiro atoms. The Morgan fingerprint density at radius 3 is 2.53 bits per heavy atom. The van der Waals surface area contributed by atoms with Gasteiger partial charge in [0.1, 0.15) is 5.82 Å². The Morgan fingerprint density at radius 2 is 1.84 bits per heavy atom. The monoisotopic (exact) mass is 386 g/mol. The van der Waals surface area contributed by atoms with E-state index in [0.29, 0.717) is 10.9 Å². The van der Waals surface area contributed by atoms with Crippen molar-refractivity contribution >= 4 is 31.9 Å². The van der Waals surface area contributed by atoms with Gasteiger partial charge in [-0.05, 0) is 51.7 Å². The van der Waals surface area contributed by atoms with Gasteiger partial charge in [0.2, 0.25) is 0 Å². The summed E-state index contributed by atoms with van der Waals surface area (Å²) in [6.07, 6.45) is 0.589. The average molecular weight is 388 g/mol. The topological polar surface area (TPSA) is 20.2 Å². The molecule has 0 saturated heterocycles. The largest absolute Gasteiger partial charge is 0.396 e. The van der Waals surface area contributed by atoms with Crippen LogP contribution in [0.4, 0.5) is 4.39 Å². The maximum atomic E-state index is 13.5. The van der Waals surface area contributed by atoms with Gasteiger partial charge in [0, 0.05) is 10.4 Å². The Kier molecular flexibility index (Phi) is 5.13. The van der Waals surface area contributed by atoms with Crippen molar-refractivity contribution in [2.24, 2.45) is 0 Å². The van der Waals surface area contributed by atoms with E-state index >= 15 is 0 Å². The predicted octanol–water partition coefficient (Wildman–Crippen LogP) is 4.67. The van der Waals surface area contributed by atoms with Crippen molar-refractivity contribution in [3.8, 4) is 0 Å². The maximum absolute atomic E-state index is 13.5. The zero-order chi connectivity index (χ0) is 13.8. The lowest BCUT2D eigenvalue weighted by molar-refractivity contribution is 0.264. The highest BCUT2D eigenvalue weighted by molar-refractivity contribution is 9.10. The van der Waals surface area contributed by atoms with Crippen LogP contribution in [0.2, 0.25) is 0 Å². The van der Waals surface area contributed by atoms with E-state index in [1.165, 1.54) is 6.07 Å². The van der Waals surface area contributed by atoms with Gasteiger partial charge in [-0.2, -0.15) is 0 Å². The van der Waals surface area contributed by atoms with Gasteiger partial charge < -0.3 is 5.11 Å². The van der Waals surface area contributed by atoms with Crippen LogP contribution in [0.25, 0.3) is 0 Å². The molecule has 0 bridgehead atoms. The van der Waals surface area contributed by atoms with Crippen molar-refractivity contribution in [2.75, 3.05) is 6.61 Å². The fourth-order valence-corrected chi connectivity index (χ4v) is 2.86. The first kappa shape index (κ1) is 14.7. The van der Waals surface area contributed by atoms with Gasteiger partial charge in [-0.15, -0.1) is 0 Å². The fourth-order valence-electron chi connectivity index (χ4n) is 2.02. The summed E-state index contributed by atoms with van der Waals surface area (Å²) in [6, 6.07) is 12.8. The van der Waals surface area contributed by atoms with Crippen LogP contribution in [0, 0.1) is 5.82 Å². The minimum Gasteiger partial charge on any atom is -0.396 e. The van der Waals surface area contributed by atoms with Crippen molar-refractivity contribution in [3.05, 3.63) is 68.4 Å². The van der Waals surface area contributed by atoms with Crippen LogP contribution in [0.5, 0.6) is 0 Å². The van der Waals surface area contributed by atoms with Gasteiger partial charge in [-0.1, -0.05) is 40.2 Å². The molecule has 19 heavy (non-hydrogen) atoms. The molecule has 0 fully saturated rings. The van der Waals surface area contributed by atoms with E-state index in [-0.39, 0.29) is 18.3 Å². The summed E-state index contributed by atoms with van der Waals surface area (Å²) >= 11 is 6.68. The molecule has 2 rings (SSSR count). The zero-order valence-corrected chi connectivity index (χ0v) is 13.3. The number of hydrogen-bond acceptors (Lipinski definition) is 1. The van der Waals surface area contributed by atoms with Gasteiger partial charge in [-0.3, -0.25) is 0 Å². The van der Waals surface area contributed by atoms with Crippen molar-refractivity contribution in [1.29, 1.82) is 0 Å². The second kappa shape index (κ2) is 6.64. The molecule has 4 heteroatoms. The van der Waals surface area contributed by atoms with Crippen LogP contribution in [0.15, 0.2) is 51.4 Å². The average Bonchev–Trinajstić information content (AvgIpc) is 2.40. The normalized spacial score (nSPS) is 12.4. The Bertz CT molecular complexity index is 572. The van der Waals surface area contributed by atoms with Crippen LogP contribution in [-0.4, -0.2) is 11.7 Å². The van der Waals surface area contributed by atoms with Gasteiger partial charge in [-0.25, -0.2) is 4.39 Å². The second-order valence-electron chi connectivity index (χ2n) is 4.35. The highest BCUT2D eigenvalue weighted by Crippen LogP contribution is 2.28. The van der Waals surface area contributed by atoms with Gasteiger partial charge in [0.15, 0.2) is 0 Å². The maximum Gasteiger partial charge on any atom is 0.137 e. The third-order valence-electron chi connectivity index (χ3n) is 3.04. The summed E-state index contributed by atoms with van der Waals surface area (Å²) < 4.78 is 14.9. The summed E-state index contributed by atoms with van der Waals surface area (Å²) in [5.74, 6) is -0.320. The Morgan fingerprint density at radius 1 is 1.11 bits per heavy atom. The molecule has 0 heterocycles. The minimum absolute atomic E-state index is 0.0272. The summed E-state index contributed by atoms with van der Waals surface area (Å²) in [7, 11) is 0. The molecule has 2 aromatic rings. The van der Waals surface area contributed by atoms with E-state index in [1.807, 2.05) is 30.3 Å². The van der Waals surface area contributed by atoms with Crippen LogP contribution in [-0.2, 0) is 6.42 Å². The molecule has 2 aromatic carbocycles. The summed E-state index contributed by atoms with van der Waals surface area (Å²) in [4.78, 5) is 0. The smallest absolute Gasteiger partial charge is 0.137 e. The molecule has 1 nitrogen and oxygen atoms in total. The van der Waals surface area contributed by atoms with Crippen molar-refractivity contribution in [3.63, 3.8) is 0 Å². The van der Waals surface area contributed by atoms with Crippen LogP contribution in [0.3, 0.4) is 0 Å². The number of benzene rings is 2. The fraction of sp³-hybridized carbons (Fsp3) is 0.200. The lowest BCUT2D eigenvalue weighted by Gasteiger charge is -2.16. The third kappa shape index (κ3) is 3.65. The van der Waals surface area contributed by atoms with E-state index in [9.17, 15) is 9.50 Å². The first-order valence-electron chi connectivity index (χ1n) is 5.91. The van der Waals surface area contributed by atoms with E-state index < -0.39 is 0 Å². The van der Waals surface area contributed by atoms with Crippen molar-refractivity contribution in [1.82, 2.24) is 0 Å². The minimum atomic E-state index is -0.275. The highest BCUT2D eigenvalue weighted by Gasteiger charge is 2.14. The molecular formula is C15H13Br2FO. The Balaban J connectivity index is 2.26. The summed E-state index contributed by atoms with van der Waals surface area (Å²) in [5.41, 5.74) is 1.90. The Labute approximate surface area is 128 Å². The number of hydrogen-bond donors (Lipinski definition) is 1. The number of aliphatic hydroxyl groups excluding tert-OH is 1. The van der Waals surface area contributed by atoms with Gasteiger partial charge in [0.05, 0.1) is 11.1 Å². The lowest BCUT2D eigenvalue weighted by atomic mass is 9.93. The van der Waals surface area contributed by atoms with Gasteiger partial charge >= 0.3 is 0 Å². The van der Waals surface area contributed by atoms with E-state index in [0.717, 1.165) is 15.6 Å². The van der Waals surface area contributed by atoms with Crippen LogP contribution < -0.4 is 0 Å². The van der Waals surface area contributed by atoms with E-state index in [1.54, 1.807) is 6.07 Å². The summed E-state index contributed by atoms with van der Waals surface area (Å²) in [5, 5.41) is 9.57. The molecule has 0 amide bonds. The first-order valence-corrected chi connectivity index (χ1v) is 7.49. The van der Waals surface area contributed by atoms with Crippen LogP contribution in [0.1, 0.15) is 17.0 Å². The lowest BCUT2D eigenvalue weighted by Crippen LogP contribution is -2.08. The highest BCUT2D eigenvalue weighted by atomic mass is 79.9. The first-order chi connectivity index (χ1) is 9.11. The molecular weight excluding hydrogens is 375 g/mol. The van der Waals surface area contributed by atoms with Crippen LogP contribution >= 0.6 is 31.9 Å². The predicted molar refractivity (Wildman–Crippen MR) is 81.8 cm³/mol. The molecule has 1 unspecified atom stereocenters. The zero-order valence-electron chi connectivity index (χ0n) is 10.1. The molecule has 100 valence electrons. The molecule has 0 aromatic heterocycles. The molecule has 1 atom stereocenters. The second-order valence-corrected chi connectivity index (χ2v) is 6.06. The molecule has 0 aliphatic carbocycles. The van der Waals surface area contributed by atoms with E-state index in [2.05, 4.69) is 31.9 Å². The molecule has 0 saturated carbocycles. The molecule has 0 radical (unpaired) electrons. The quantitative estimate of drug-likeness (QED) is 0.808. The summed E-state index contributed by atoms with van der Waals surface area (Å²) in [6.45, 7) is 0.0272. The van der Waals surface area contributed by atoms with Crippen molar-refractivity contribution in [2.45, 2.75) is 12.3 Å². The number of halogens is 3. The molecule has 1 N–H and O–H groups in total. The standard InChI is InChI=1S/C15H13Br2FO/c16-13-5-1-3-10(8-13)12(9-19)7-11-4-2-6-14(18)15(11)17/h1-6,8,12,19H,7,9H2. The molecule has 0 aliphatic rings. The number of rotatable bonds is 4. The SMILES string of the molecule is OCC(Cc1cccc(F)c1Br)c1cccc(Br)c1.